The topological polar surface area (TPSA) is 120 Å². The Morgan fingerprint density at radius 1 is 0.500 bits per heavy atom. The fourth-order valence-corrected chi connectivity index (χ4v) is 7.42. The van der Waals surface area contributed by atoms with Crippen molar-refractivity contribution in [2.24, 2.45) is 0 Å². The summed E-state index contributed by atoms with van der Waals surface area (Å²) >= 11 is 0. The van der Waals surface area contributed by atoms with Crippen LogP contribution in [-0.2, 0) is 80.5 Å². The highest BCUT2D eigenvalue weighted by atomic mass is 16.8. The number of aliphatic hydroxyl groups excluding tert-OH is 1. The van der Waals surface area contributed by atoms with E-state index in [0.717, 1.165) is 27.8 Å². The van der Waals surface area contributed by atoms with Crippen LogP contribution in [0.2, 0.25) is 0 Å². The second-order valence-corrected chi connectivity index (χ2v) is 15.0. The van der Waals surface area contributed by atoms with Gasteiger partial charge in [0.25, 0.3) is 0 Å². The third-order valence-electron chi connectivity index (χ3n) is 10.4. The summed E-state index contributed by atoms with van der Waals surface area (Å²) in [6.07, 6.45) is -9.71. The maximum absolute atomic E-state index is 12.9. The number of hydrogen-bond acceptors (Lipinski definition) is 11. The van der Waals surface area contributed by atoms with Gasteiger partial charge in [-0.2, -0.15) is 0 Å². The Morgan fingerprint density at radius 2 is 0.900 bits per heavy atom. The highest BCUT2D eigenvalue weighted by Crippen LogP contribution is 2.35. The van der Waals surface area contributed by atoms with Crippen LogP contribution < -0.4 is 0 Å². The molecule has 11 heteroatoms. The lowest BCUT2D eigenvalue weighted by Gasteiger charge is -2.48. The van der Waals surface area contributed by atoms with Gasteiger partial charge in [0.15, 0.2) is 12.4 Å². The first-order valence-electron chi connectivity index (χ1n) is 20.5. The Balaban J connectivity index is 1.17. The largest absolute Gasteiger partial charge is 0.454 e. The van der Waals surface area contributed by atoms with E-state index in [1.807, 2.05) is 159 Å². The second kappa shape index (κ2) is 22.2. The zero-order chi connectivity index (χ0) is 41.5. The molecule has 2 saturated heterocycles. The van der Waals surface area contributed by atoms with Crippen molar-refractivity contribution in [3.8, 4) is 0 Å². The van der Waals surface area contributed by atoms with Crippen molar-refractivity contribution in [1.29, 1.82) is 0 Å². The van der Waals surface area contributed by atoms with Gasteiger partial charge in [-0.3, -0.25) is 4.79 Å². The molecule has 0 unspecified atom stereocenters. The van der Waals surface area contributed by atoms with Crippen molar-refractivity contribution < 1.29 is 52.5 Å². The number of carbonyl (C=O) groups is 1. The fourth-order valence-electron chi connectivity index (χ4n) is 7.42. The maximum Gasteiger partial charge on any atom is 0.303 e. The first-order valence-corrected chi connectivity index (χ1v) is 20.5. The Labute approximate surface area is 352 Å². The summed E-state index contributed by atoms with van der Waals surface area (Å²) in [5, 5.41) is 12.1. The van der Waals surface area contributed by atoms with Crippen LogP contribution in [0.15, 0.2) is 152 Å². The molecule has 2 fully saturated rings. The molecule has 0 bridgehead atoms. The molecule has 1 N–H and O–H groups in total. The van der Waals surface area contributed by atoms with E-state index in [1.54, 1.807) is 0 Å². The summed E-state index contributed by atoms with van der Waals surface area (Å²) in [5.41, 5.74) is 4.71. The molecule has 0 aliphatic carbocycles. The summed E-state index contributed by atoms with van der Waals surface area (Å²) in [7, 11) is 0. The fraction of sp³-hybridized carbons (Fsp3) is 0.367. The average Bonchev–Trinajstić information content (AvgIpc) is 3.28. The van der Waals surface area contributed by atoms with Gasteiger partial charge in [0.1, 0.15) is 36.6 Å². The Hall–Kier alpha value is -4.79. The molecule has 0 radical (unpaired) electrons. The summed E-state index contributed by atoms with van der Waals surface area (Å²) in [6, 6.07) is 48.7. The first kappa shape index (κ1) is 43.3. The van der Waals surface area contributed by atoms with Gasteiger partial charge in [0.05, 0.1) is 45.7 Å². The Kier molecular flexibility index (Phi) is 16.0. The normalized spacial score (nSPS) is 26.6. The van der Waals surface area contributed by atoms with Gasteiger partial charge in [-0.05, 0) is 34.7 Å². The number of aliphatic hydroxyl groups is 1. The molecule has 0 saturated carbocycles. The summed E-state index contributed by atoms with van der Waals surface area (Å²) < 4.78 is 58.2. The van der Waals surface area contributed by atoms with Crippen LogP contribution in [0.5, 0.6) is 0 Å². The molecule has 60 heavy (non-hydrogen) atoms. The zero-order valence-corrected chi connectivity index (χ0v) is 34.0. The third kappa shape index (κ3) is 12.2. The molecule has 0 spiro atoms. The van der Waals surface area contributed by atoms with Crippen molar-refractivity contribution in [2.75, 3.05) is 6.61 Å². The van der Waals surface area contributed by atoms with Crippen LogP contribution in [0.4, 0.5) is 0 Å². The maximum atomic E-state index is 12.9. The predicted molar refractivity (Wildman–Crippen MR) is 222 cm³/mol. The van der Waals surface area contributed by atoms with Crippen molar-refractivity contribution in [2.45, 2.75) is 108 Å². The quantitative estimate of drug-likeness (QED) is 0.0845. The molecule has 2 heterocycles. The van der Waals surface area contributed by atoms with Crippen LogP contribution >= 0.6 is 0 Å². The molecule has 0 aromatic heterocycles. The van der Waals surface area contributed by atoms with E-state index in [-0.39, 0.29) is 33.0 Å². The van der Waals surface area contributed by atoms with Gasteiger partial charge in [0.2, 0.25) is 6.29 Å². The highest BCUT2D eigenvalue weighted by Gasteiger charge is 2.53. The predicted octanol–water partition coefficient (Wildman–Crippen LogP) is 7.32. The summed E-state index contributed by atoms with van der Waals surface area (Å²) in [6.45, 7) is 4.44. The molecule has 5 aromatic rings. The Bertz CT molecular complexity index is 1970. The van der Waals surface area contributed by atoms with Crippen molar-refractivity contribution >= 4 is 5.97 Å². The number of rotatable bonds is 19. The summed E-state index contributed by atoms with van der Waals surface area (Å²) in [5.74, 6) is -0.581. The zero-order valence-electron chi connectivity index (χ0n) is 34.0. The molecule has 2 aliphatic rings. The number of esters is 1. The number of ether oxygens (including phenoxy) is 9. The molecule has 10 atom stereocenters. The van der Waals surface area contributed by atoms with Crippen LogP contribution in [0.3, 0.4) is 0 Å². The van der Waals surface area contributed by atoms with Gasteiger partial charge < -0.3 is 47.7 Å². The van der Waals surface area contributed by atoms with E-state index < -0.39 is 67.4 Å². The molecular formula is C49H54O11. The lowest BCUT2D eigenvalue weighted by molar-refractivity contribution is -0.384. The van der Waals surface area contributed by atoms with Crippen molar-refractivity contribution in [3.63, 3.8) is 0 Å². The van der Waals surface area contributed by atoms with Gasteiger partial charge in [0, 0.05) is 6.92 Å². The highest BCUT2D eigenvalue weighted by molar-refractivity contribution is 5.66. The minimum Gasteiger partial charge on any atom is -0.454 e. The standard InChI is InChI=1S/C49H54O11/c1-34-43(53-29-37-20-10-4-11-21-37)45(55-31-39-24-14-6-15-25-39)42(51)48(57-34)60-49-47(58-35(2)50)46(56-32-40-26-16-7-17-27-40)44(54-30-38-22-12-5-13-23-38)41(59-49)33-52-28-36-18-8-3-9-19-36/h3-27,34,41-49,51H,28-33H2,1-2H3/t34-,41+,42+,43-,44+,45-,46-,47+,48+,49-/m0/s1. The number of carbonyl (C=O) groups excluding carboxylic acids is 1. The first-order chi connectivity index (χ1) is 29.4. The molecule has 5 aromatic carbocycles. The molecule has 11 nitrogen and oxygen atoms in total. The van der Waals surface area contributed by atoms with Gasteiger partial charge in [-0.1, -0.05) is 152 Å². The number of hydrogen-bond donors (Lipinski definition) is 1. The smallest absolute Gasteiger partial charge is 0.303 e. The van der Waals surface area contributed by atoms with Crippen LogP contribution in [0.25, 0.3) is 0 Å². The Morgan fingerprint density at radius 3 is 1.35 bits per heavy atom. The number of benzene rings is 5. The SMILES string of the molecule is CC(=O)O[C@H]1[C@H](O[C@H]2O[C@@H](C)[C@H](OCc3ccccc3)[C@@H](OCc3ccccc3)[C@H]2O)O[C@H](COCc2ccccc2)[C@@H](OCc2ccccc2)[C@@H]1OCc1ccccc1. The lowest BCUT2D eigenvalue weighted by Crippen LogP contribution is -2.65. The average molecular weight is 819 g/mol. The lowest BCUT2D eigenvalue weighted by atomic mass is 9.97. The van der Waals surface area contributed by atoms with Crippen molar-refractivity contribution in [3.05, 3.63) is 179 Å². The summed E-state index contributed by atoms with van der Waals surface area (Å²) in [4.78, 5) is 12.9. The minimum absolute atomic E-state index is 0.0783. The van der Waals surface area contributed by atoms with E-state index in [0.29, 0.717) is 6.61 Å². The van der Waals surface area contributed by atoms with Gasteiger partial charge in [-0.15, -0.1) is 0 Å². The van der Waals surface area contributed by atoms with Crippen molar-refractivity contribution in [1.82, 2.24) is 0 Å². The van der Waals surface area contributed by atoms with E-state index in [4.69, 9.17) is 42.6 Å². The van der Waals surface area contributed by atoms with Crippen LogP contribution in [-0.4, -0.2) is 79.1 Å². The molecule has 316 valence electrons. The second-order valence-electron chi connectivity index (χ2n) is 15.0. The molecular weight excluding hydrogens is 765 g/mol. The van der Waals surface area contributed by atoms with E-state index in [1.165, 1.54) is 6.92 Å². The molecule has 0 amide bonds. The third-order valence-corrected chi connectivity index (χ3v) is 10.4. The van der Waals surface area contributed by atoms with E-state index in [9.17, 15) is 9.90 Å². The monoisotopic (exact) mass is 818 g/mol. The van der Waals surface area contributed by atoms with Crippen LogP contribution in [0.1, 0.15) is 41.7 Å². The van der Waals surface area contributed by atoms with Gasteiger partial charge in [-0.25, -0.2) is 0 Å². The minimum atomic E-state index is -1.35. The van der Waals surface area contributed by atoms with E-state index >= 15 is 0 Å². The van der Waals surface area contributed by atoms with Gasteiger partial charge >= 0.3 is 5.97 Å². The molecule has 7 rings (SSSR count). The van der Waals surface area contributed by atoms with Crippen LogP contribution in [0, 0.1) is 0 Å². The molecule has 2 aliphatic heterocycles. The van der Waals surface area contributed by atoms with E-state index in [2.05, 4.69) is 0 Å².